The van der Waals surface area contributed by atoms with Crippen LogP contribution in [-0.4, -0.2) is 30.9 Å². The van der Waals surface area contributed by atoms with Crippen molar-refractivity contribution in [1.29, 1.82) is 0 Å². The van der Waals surface area contributed by atoms with E-state index in [-0.39, 0.29) is 23.4 Å². The van der Waals surface area contributed by atoms with Gasteiger partial charge >= 0.3 is 0 Å². The molecule has 0 radical (unpaired) electrons. The Balaban J connectivity index is 1.87. The van der Waals surface area contributed by atoms with E-state index in [0.29, 0.717) is 12.1 Å². The second-order valence-electron chi connectivity index (χ2n) is 5.18. The van der Waals surface area contributed by atoms with Gasteiger partial charge in [0.1, 0.15) is 11.4 Å². The Morgan fingerprint density at radius 2 is 2.00 bits per heavy atom. The Kier molecular flexibility index (Phi) is 3.50. The van der Waals surface area contributed by atoms with E-state index in [9.17, 15) is 4.79 Å². The maximum absolute atomic E-state index is 12.0. The van der Waals surface area contributed by atoms with Crippen molar-refractivity contribution < 1.29 is 4.74 Å². The van der Waals surface area contributed by atoms with Crippen LogP contribution in [0.25, 0.3) is 5.78 Å². The maximum atomic E-state index is 12.0. The summed E-state index contributed by atoms with van der Waals surface area (Å²) in [6.45, 7) is 3.94. The van der Waals surface area contributed by atoms with Gasteiger partial charge in [-0.05, 0) is 31.5 Å². The molecule has 0 fully saturated rings. The largest absolute Gasteiger partial charge is 0.491 e. The molecule has 0 amide bonds. The molecule has 114 valence electrons. The highest BCUT2D eigenvalue weighted by Crippen LogP contribution is 2.15. The lowest BCUT2D eigenvalue weighted by molar-refractivity contribution is 0.242. The van der Waals surface area contributed by atoms with Gasteiger partial charge in [-0.1, -0.05) is 12.1 Å². The van der Waals surface area contributed by atoms with E-state index in [4.69, 9.17) is 10.5 Å². The third-order valence-corrected chi connectivity index (χ3v) is 3.04. The van der Waals surface area contributed by atoms with Gasteiger partial charge in [0.05, 0.1) is 6.10 Å². The van der Waals surface area contributed by atoms with Crippen LogP contribution in [0.4, 0.5) is 5.95 Å². The summed E-state index contributed by atoms with van der Waals surface area (Å²) in [7, 11) is 0. The fourth-order valence-corrected chi connectivity index (χ4v) is 2.08. The van der Waals surface area contributed by atoms with E-state index >= 15 is 0 Å². The Hall–Kier alpha value is -2.90. The molecule has 0 aliphatic heterocycles. The van der Waals surface area contributed by atoms with E-state index in [1.54, 1.807) is 0 Å². The van der Waals surface area contributed by atoms with Gasteiger partial charge in [-0.15, -0.1) is 10.2 Å². The average molecular weight is 300 g/mol. The molecule has 2 aromatic heterocycles. The molecule has 22 heavy (non-hydrogen) atoms. The second kappa shape index (κ2) is 5.47. The number of rotatable bonds is 4. The minimum atomic E-state index is -0.303. The minimum Gasteiger partial charge on any atom is -0.491 e. The van der Waals surface area contributed by atoms with Crippen LogP contribution in [-0.2, 0) is 6.42 Å². The molecular weight excluding hydrogens is 284 g/mol. The molecule has 0 aliphatic carbocycles. The molecule has 0 atom stereocenters. The summed E-state index contributed by atoms with van der Waals surface area (Å²) in [4.78, 5) is 14.6. The Morgan fingerprint density at radius 3 is 2.68 bits per heavy atom. The number of nitrogens with one attached hydrogen (secondary N) is 1. The summed E-state index contributed by atoms with van der Waals surface area (Å²) in [6.07, 6.45) is 0.500. The second-order valence-corrected chi connectivity index (χ2v) is 5.18. The first-order valence-corrected chi connectivity index (χ1v) is 6.88. The summed E-state index contributed by atoms with van der Waals surface area (Å²) in [5.74, 6) is 1.15. The monoisotopic (exact) mass is 300 g/mol. The predicted octanol–water partition coefficient (Wildman–Crippen LogP) is 0.773. The van der Waals surface area contributed by atoms with Crippen molar-refractivity contribution in [2.24, 2.45) is 0 Å². The van der Waals surface area contributed by atoms with Gasteiger partial charge in [0.25, 0.3) is 11.3 Å². The average Bonchev–Trinajstić information content (AvgIpc) is 2.82. The number of hydrogen-bond donors (Lipinski definition) is 2. The highest BCUT2D eigenvalue weighted by molar-refractivity contribution is 5.34. The Labute approximate surface area is 125 Å². The van der Waals surface area contributed by atoms with E-state index < -0.39 is 0 Å². The lowest BCUT2D eigenvalue weighted by Gasteiger charge is -2.09. The zero-order valence-electron chi connectivity index (χ0n) is 12.3. The van der Waals surface area contributed by atoms with Gasteiger partial charge < -0.3 is 10.5 Å². The van der Waals surface area contributed by atoms with Gasteiger partial charge in [-0.2, -0.15) is 9.61 Å². The molecular formula is C14H16N6O2. The third kappa shape index (κ3) is 2.76. The number of nitrogens with zero attached hydrogens (tertiary/aromatic N) is 4. The number of fused-ring (bicyclic) bond motifs is 1. The Morgan fingerprint density at radius 1 is 1.27 bits per heavy atom. The van der Waals surface area contributed by atoms with Crippen molar-refractivity contribution in [3.8, 4) is 5.75 Å². The van der Waals surface area contributed by atoms with Crippen LogP contribution in [0.3, 0.4) is 0 Å². The fraction of sp³-hybridized carbons (Fsp3) is 0.286. The van der Waals surface area contributed by atoms with Crippen molar-refractivity contribution in [3.05, 3.63) is 45.9 Å². The van der Waals surface area contributed by atoms with Crippen LogP contribution >= 0.6 is 0 Å². The lowest BCUT2D eigenvalue weighted by atomic mass is 10.1. The molecule has 1 aromatic carbocycles. The van der Waals surface area contributed by atoms with Gasteiger partial charge in [-0.25, -0.2) is 0 Å². The molecule has 0 saturated carbocycles. The topological polar surface area (TPSA) is 111 Å². The van der Waals surface area contributed by atoms with Crippen LogP contribution < -0.4 is 16.0 Å². The standard InChI is InChI=1S/C14H16N6O2/c1-8(2)22-10-5-3-9(4-6-10)7-11-12(21)16-14-18-17-13(15)20(14)19-11/h3-6,8H,7H2,1-2H3,(H2,15,17)(H,16,18,21). The van der Waals surface area contributed by atoms with Gasteiger partial charge in [0.15, 0.2) is 0 Å². The number of anilines is 1. The summed E-state index contributed by atoms with van der Waals surface area (Å²) >= 11 is 0. The molecule has 3 aromatic rings. The molecule has 8 heteroatoms. The van der Waals surface area contributed by atoms with Crippen LogP contribution in [0.2, 0.25) is 0 Å². The molecule has 0 aliphatic rings. The zero-order valence-corrected chi connectivity index (χ0v) is 12.3. The van der Waals surface area contributed by atoms with Crippen LogP contribution in [0.15, 0.2) is 29.1 Å². The number of aromatic amines is 1. The van der Waals surface area contributed by atoms with Crippen LogP contribution in [0.5, 0.6) is 5.75 Å². The highest BCUT2D eigenvalue weighted by atomic mass is 16.5. The summed E-state index contributed by atoms with van der Waals surface area (Å²) in [5, 5.41) is 11.6. The molecule has 3 rings (SSSR count). The van der Waals surface area contributed by atoms with Crippen molar-refractivity contribution in [2.75, 3.05) is 5.73 Å². The highest BCUT2D eigenvalue weighted by Gasteiger charge is 2.10. The quantitative estimate of drug-likeness (QED) is 0.736. The first-order valence-electron chi connectivity index (χ1n) is 6.88. The van der Waals surface area contributed by atoms with E-state index in [2.05, 4.69) is 20.3 Å². The lowest BCUT2D eigenvalue weighted by Crippen LogP contribution is -2.19. The smallest absolute Gasteiger partial charge is 0.274 e. The van der Waals surface area contributed by atoms with Crippen molar-refractivity contribution in [3.63, 3.8) is 0 Å². The molecule has 2 heterocycles. The minimum absolute atomic E-state index is 0.120. The first kappa shape index (κ1) is 14.1. The molecule has 0 unspecified atom stereocenters. The fourth-order valence-electron chi connectivity index (χ4n) is 2.08. The van der Waals surface area contributed by atoms with Gasteiger partial charge in [0, 0.05) is 6.42 Å². The number of aromatic nitrogens is 5. The van der Waals surface area contributed by atoms with E-state index in [1.165, 1.54) is 4.52 Å². The van der Waals surface area contributed by atoms with Gasteiger partial charge in [0.2, 0.25) is 5.95 Å². The number of H-pyrrole nitrogens is 1. The van der Waals surface area contributed by atoms with Crippen LogP contribution in [0.1, 0.15) is 25.1 Å². The molecule has 0 bridgehead atoms. The van der Waals surface area contributed by atoms with Crippen molar-refractivity contribution in [2.45, 2.75) is 26.4 Å². The number of benzene rings is 1. The third-order valence-electron chi connectivity index (χ3n) is 3.04. The SMILES string of the molecule is CC(C)Oc1ccc(Cc2nn3c(N)nnc3[nH]c2=O)cc1. The summed E-state index contributed by atoms with van der Waals surface area (Å²) in [5.41, 5.74) is 6.63. The number of nitrogens with two attached hydrogens (primary N) is 1. The number of nitrogen functional groups attached to an aromatic ring is 1. The van der Waals surface area contributed by atoms with Crippen molar-refractivity contribution in [1.82, 2.24) is 24.8 Å². The normalized spacial score (nSPS) is 11.2. The molecule has 0 spiro atoms. The van der Waals surface area contributed by atoms with Crippen LogP contribution in [0, 0.1) is 0 Å². The zero-order chi connectivity index (χ0) is 15.7. The number of ether oxygens (including phenoxy) is 1. The van der Waals surface area contributed by atoms with Gasteiger partial charge in [-0.3, -0.25) is 9.78 Å². The van der Waals surface area contributed by atoms with E-state index in [0.717, 1.165) is 11.3 Å². The summed E-state index contributed by atoms with van der Waals surface area (Å²) in [6, 6.07) is 7.54. The predicted molar refractivity (Wildman–Crippen MR) is 80.8 cm³/mol. The Bertz CT molecular complexity index is 850. The molecule has 3 N–H and O–H groups in total. The molecule has 8 nitrogen and oxygen atoms in total. The number of hydrogen-bond acceptors (Lipinski definition) is 6. The first-order chi connectivity index (χ1) is 10.5. The maximum Gasteiger partial charge on any atom is 0.274 e. The summed E-state index contributed by atoms with van der Waals surface area (Å²) < 4.78 is 6.90. The molecule has 0 saturated heterocycles. The van der Waals surface area contributed by atoms with E-state index in [1.807, 2.05) is 38.1 Å². The van der Waals surface area contributed by atoms with Crippen molar-refractivity contribution >= 4 is 11.7 Å².